The Morgan fingerprint density at radius 3 is 2.82 bits per heavy atom. The monoisotopic (exact) mass is 293 g/mol. The van der Waals surface area contributed by atoms with Crippen LogP contribution in [0.25, 0.3) is 11.3 Å². The van der Waals surface area contributed by atoms with Gasteiger partial charge in [-0.05, 0) is 24.8 Å². The van der Waals surface area contributed by atoms with Gasteiger partial charge in [0.05, 0.1) is 11.4 Å². The van der Waals surface area contributed by atoms with Gasteiger partial charge in [-0.3, -0.25) is 4.79 Å². The van der Waals surface area contributed by atoms with E-state index in [1.165, 1.54) is 0 Å². The highest BCUT2D eigenvalue weighted by Crippen LogP contribution is 2.43. The number of hydrogen-bond acceptors (Lipinski definition) is 3. The van der Waals surface area contributed by atoms with Crippen molar-refractivity contribution in [1.29, 1.82) is 0 Å². The molecular formula is C18H19N3O. The minimum absolute atomic E-state index is 0.0118. The van der Waals surface area contributed by atoms with Crippen molar-refractivity contribution in [2.24, 2.45) is 5.41 Å². The molecule has 1 aromatic heterocycles. The summed E-state index contributed by atoms with van der Waals surface area (Å²) >= 11 is 0. The average Bonchev–Trinajstić information content (AvgIpc) is 2.72. The van der Waals surface area contributed by atoms with Crippen molar-refractivity contribution in [3.63, 3.8) is 0 Å². The van der Waals surface area contributed by atoms with Gasteiger partial charge in [0, 0.05) is 29.3 Å². The lowest BCUT2D eigenvalue weighted by molar-refractivity contribution is -0.116. The summed E-state index contributed by atoms with van der Waals surface area (Å²) in [5.41, 5.74) is 4.75. The average molecular weight is 293 g/mol. The zero-order chi connectivity index (χ0) is 15.5. The number of allylic oxidation sites excluding steroid dienone is 2. The molecule has 4 nitrogen and oxygen atoms in total. The van der Waals surface area contributed by atoms with Gasteiger partial charge in [-0.25, -0.2) is 4.68 Å². The summed E-state index contributed by atoms with van der Waals surface area (Å²) in [6.07, 6.45) is 1.45. The standard InChI is InChI=1S/C18H19N3O/c1-11-8-16-19-13-9-18(2,3)10-15(22)17(13)12-6-4-5-7-14(12)21(16)20-11/h4-8,19H,9-10H2,1-3H3. The first-order valence-corrected chi connectivity index (χ1v) is 7.64. The van der Waals surface area contributed by atoms with Crippen LogP contribution in [0.1, 0.15) is 37.9 Å². The lowest BCUT2D eigenvalue weighted by Crippen LogP contribution is -2.27. The molecule has 0 saturated carbocycles. The van der Waals surface area contributed by atoms with Crippen LogP contribution < -0.4 is 5.32 Å². The highest BCUT2D eigenvalue weighted by molar-refractivity contribution is 6.24. The maximum atomic E-state index is 12.8. The summed E-state index contributed by atoms with van der Waals surface area (Å²) in [7, 11) is 0. The summed E-state index contributed by atoms with van der Waals surface area (Å²) in [6.45, 7) is 6.28. The molecule has 0 unspecified atom stereocenters. The third kappa shape index (κ3) is 1.90. The predicted octanol–water partition coefficient (Wildman–Crippen LogP) is 3.71. The van der Waals surface area contributed by atoms with Gasteiger partial charge in [0.25, 0.3) is 0 Å². The molecule has 0 fully saturated rings. The Bertz CT molecular complexity index is 827. The molecule has 1 N–H and O–H groups in total. The number of nitrogens with zero attached hydrogens (tertiary/aromatic N) is 2. The Balaban J connectivity index is 2.02. The number of benzene rings is 1. The van der Waals surface area contributed by atoms with Crippen molar-refractivity contribution in [3.8, 4) is 5.69 Å². The van der Waals surface area contributed by atoms with E-state index in [-0.39, 0.29) is 11.2 Å². The molecule has 1 aromatic carbocycles. The second-order valence-electron chi connectivity index (χ2n) is 7.02. The highest BCUT2D eigenvalue weighted by Gasteiger charge is 2.36. The molecule has 0 spiro atoms. The van der Waals surface area contributed by atoms with Gasteiger partial charge in [0.15, 0.2) is 5.78 Å². The van der Waals surface area contributed by atoms with Gasteiger partial charge in [-0.1, -0.05) is 32.0 Å². The number of aryl methyl sites for hydroxylation is 1. The number of fused-ring (bicyclic) bond motifs is 4. The van der Waals surface area contributed by atoms with Gasteiger partial charge in [-0.15, -0.1) is 0 Å². The summed E-state index contributed by atoms with van der Waals surface area (Å²) in [4.78, 5) is 12.8. The van der Waals surface area contributed by atoms with Gasteiger partial charge in [-0.2, -0.15) is 5.10 Å². The number of hydrogen-bond donors (Lipinski definition) is 1. The molecule has 4 heteroatoms. The van der Waals surface area contributed by atoms with Gasteiger partial charge in [0.1, 0.15) is 5.82 Å². The molecular weight excluding hydrogens is 274 g/mol. The molecule has 2 aliphatic rings. The molecule has 2 aromatic rings. The number of nitrogens with one attached hydrogen (secondary N) is 1. The van der Waals surface area contributed by atoms with Crippen molar-refractivity contribution in [2.45, 2.75) is 33.6 Å². The number of anilines is 1. The van der Waals surface area contributed by atoms with Crippen molar-refractivity contribution < 1.29 is 4.79 Å². The van der Waals surface area contributed by atoms with Crippen LogP contribution in [0.4, 0.5) is 5.82 Å². The largest absolute Gasteiger partial charge is 0.343 e. The molecule has 112 valence electrons. The third-order valence-corrected chi connectivity index (χ3v) is 4.39. The quantitative estimate of drug-likeness (QED) is 0.805. The lowest BCUT2D eigenvalue weighted by atomic mass is 9.74. The van der Waals surface area contributed by atoms with Gasteiger partial charge < -0.3 is 5.32 Å². The molecule has 0 amide bonds. The fourth-order valence-corrected chi connectivity index (χ4v) is 3.54. The number of carbonyl (C=O) groups excluding carboxylic acids is 1. The Kier molecular flexibility index (Phi) is 2.61. The van der Waals surface area contributed by atoms with E-state index in [0.29, 0.717) is 6.42 Å². The second kappa shape index (κ2) is 4.32. The highest BCUT2D eigenvalue weighted by atomic mass is 16.1. The Labute approximate surface area is 129 Å². The smallest absolute Gasteiger partial charge is 0.165 e. The fourth-order valence-electron chi connectivity index (χ4n) is 3.54. The SMILES string of the molecule is Cc1cc2n(n1)-c1ccccc1C1=C(CC(C)(C)CC1=O)N2. The molecule has 4 rings (SSSR count). The van der Waals surface area contributed by atoms with Crippen molar-refractivity contribution in [2.75, 3.05) is 5.32 Å². The van der Waals surface area contributed by atoms with Gasteiger partial charge in [0.2, 0.25) is 0 Å². The van der Waals surface area contributed by atoms with Crippen LogP contribution in [-0.2, 0) is 4.79 Å². The zero-order valence-electron chi connectivity index (χ0n) is 13.1. The first-order valence-electron chi connectivity index (χ1n) is 7.64. The topological polar surface area (TPSA) is 46.9 Å². The molecule has 22 heavy (non-hydrogen) atoms. The molecule has 0 radical (unpaired) electrons. The van der Waals surface area contributed by atoms with E-state index in [4.69, 9.17) is 0 Å². The molecule has 0 bridgehead atoms. The van der Waals surface area contributed by atoms with E-state index < -0.39 is 0 Å². The van der Waals surface area contributed by atoms with Crippen molar-refractivity contribution in [3.05, 3.63) is 47.3 Å². The zero-order valence-corrected chi connectivity index (χ0v) is 13.1. The number of carbonyl (C=O) groups is 1. The summed E-state index contributed by atoms with van der Waals surface area (Å²) < 4.78 is 1.91. The number of para-hydroxylation sites is 1. The van der Waals surface area contributed by atoms with Crippen LogP contribution in [-0.4, -0.2) is 15.6 Å². The van der Waals surface area contributed by atoms with Crippen molar-refractivity contribution in [1.82, 2.24) is 9.78 Å². The maximum absolute atomic E-state index is 12.8. The van der Waals surface area contributed by atoms with E-state index in [1.54, 1.807) is 0 Å². The van der Waals surface area contributed by atoms with E-state index >= 15 is 0 Å². The summed E-state index contributed by atoms with van der Waals surface area (Å²) in [5.74, 6) is 1.15. The number of rotatable bonds is 0. The van der Waals surface area contributed by atoms with Crippen LogP contribution >= 0.6 is 0 Å². The number of Topliss-reactive ketones (excluding diaryl/α,β-unsaturated/α-hetero) is 1. The fraction of sp³-hybridized carbons (Fsp3) is 0.333. The molecule has 0 saturated heterocycles. The Hall–Kier alpha value is -2.36. The van der Waals surface area contributed by atoms with Crippen LogP contribution in [0, 0.1) is 12.3 Å². The normalized spacial score (nSPS) is 19.0. The molecule has 1 aliphatic carbocycles. The van der Waals surface area contributed by atoms with Crippen LogP contribution in [0.2, 0.25) is 0 Å². The summed E-state index contributed by atoms with van der Waals surface area (Å²) in [5, 5.41) is 8.06. The first-order chi connectivity index (χ1) is 10.4. The summed E-state index contributed by atoms with van der Waals surface area (Å²) in [6, 6.07) is 10.0. The van der Waals surface area contributed by atoms with Crippen LogP contribution in [0.5, 0.6) is 0 Å². The first kappa shape index (κ1) is 13.3. The maximum Gasteiger partial charge on any atom is 0.165 e. The number of ketones is 1. The van der Waals surface area contributed by atoms with E-state index in [9.17, 15) is 4.79 Å². The van der Waals surface area contributed by atoms with Crippen molar-refractivity contribution >= 4 is 17.2 Å². The van der Waals surface area contributed by atoms with E-state index in [1.807, 2.05) is 41.9 Å². The second-order valence-corrected chi connectivity index (χ2v) is 7.02. The minimum atomic E-state index is -0.0118. The number of aromatic nitrogens is 2. The predicted molar refractivity (Wildman–Crippen MR) is 86.9 cm³/mol. The van der Waals surface area contributed by atoms with E-state index in [0.717, 1.165) is 40.5 Å². The van der Waals surface area contributed by atoms with Crippen LogP contribution in [0.15, 0.2) is 36.0 Å². The Morgan fingerprint density at radius 2 is 2.00 bits per heavy atom. The molecule has 1 aliphatic heterocycles. The van der Waals surface area contributed by atoms with E-state index in [2.05, 4.69) is 24.3 Å². The minimum Gasteiger partial charge on any atom is -0.343 e. The lowest BCUT2D eigenvalue weighted by Gasteiger charge is -2.31. The molecule has 0 atom stereocenters. The molecule has 2 heterocycles. The van der Waals surface area contributed by atoms with Gasteiger partial charge >= 0.3 is 0 Å². The Morgan fingerprint density at radius 1 is 1.23 bits per heavy atom. The van der Waals surface area contributed by atoms with Crippen LogP contribution in [0.3, 0.4) is 0 Å². The third-order valence-electron chi connectivity index (χ3n) is 4.39.